The van der Waals surface area contributed by atoms with E-state index in [0.717, 1.165) is 19.0 Å². The molecule has 1 N–H and O–H groups in total. The van der Waals surface area contributed by atoms with Crippen LogP contribution in [0.3, 0.4) is 0 Å². The molecule has 1 aromatic carbocycles. The van der Waals surface area contributed by atoms with Gasteiger partial charge in [-0.1, -0.05) is 24.3 Å². The highest BCUT2D eigenvalue weighted by molar-refractivity contribution is 5.27. The average molecular weight is 230 g/mol. The van der Waals surface area contributed by atoms with Crippen molar-refractivity contribution in [1.82, 2.24) is 10.2 Å². The van der Waals surface area contributed by atoms with Crippen LogP contribution in [0.2, 0.25) is 0 Å². The second kappa shape index (κ2) is 5.19. The van der Waals surface area contributed by atoms with Gasteiger partial charge in [-0.05, 0) is 55.9 Å². The summed E-state index contributed by atoms with van der Waals surface area (Å²) in [6.45, 7) is 6.06. The van der Waals surface area contributed by atoms with Crippen LogP contribution >= 0.6 is 0 Å². The maximum atomic E-state index is 3.45. The Labute approximate surface area is 104 Å². The van der Waals surface area contributed by atoms with Crippen LogP contribution in [0.4, 0.5) is 0 Å². The van der Waals surface area contributed by atoms with Crippen LogP contribution in [0.1, 0.15) is 36.3 Å². The maximum absolute atomic E-state index is 3.45. The van der Waals surface area contributed by atoms with Crippen molar-refractivity contribution in [3.05, 3.63) is 35.4 Å². The molecule has 2 aliphatic rings. The number of nitrogens with one attached hydrogen (secondary N) is 1. The molecule has 0 saturated carbocycles. The number of hydrogen-bond acceptors (Lipinski definition) is 2. The van der Waals surface area contributed by atoms with Gasteiger partial charge in [0.05, 0.1) is 0 Å². The van der Waals surface area contributed by atoms with E-state index in [2.05, 4.69) is 34.5 Å². The van der Waals surface area contributed by atoms with Gasteiger partial charge in [-0.25, -0.2) is 0 Å². The molecule has 2 heteroatoms. The molecule has 2 fully saturated rings. The Kier molecular flexibility index (Phi) is 3.44. The second-order valence-corrected chi connectivity index (χ2v) is 5.42. The Morgan fingerprint density at radius 1 is 1.24 bits per heavy atom. The van der Waals surface area contributed by atoms with E-state index in [9.17, 15) is 0 Å². The first-order chi connectivity index (χ1) is 8.42. The fraction of sp³-hybridized carbons (Fsp3) is 0.600. The first-order valence-electron chi connectivity index (χ1n) is 6.94. The third-order valence-electron chi connectivity index (χ3n) is 4.09. The number of likely N-dealkylation sites (tertiary alicyclic amines) is 1. The largest absolute Gasteiger partial charge is 0.316 e. The van der Waals surface area contributed by atoms with Crippen LogP contribution in [0.15, 0.2) is 24.3 Å². The van der Waals surface area contributed by atoms with Gasteiger partial charge < -0.3 is 5.32 Å². The summed E-state index contributed by atoms with van der Waals surface area (Å²) in [6, 6.07) is 9.24. The fourth-order valence-electron chi connectivity index (χ4n) is 3.08. The minimum Gasteiger partial charge on any atom is -0.316 e. The lowest BCUT2D eigenvalue weighted by Crippen LogP contribution is -2.18. The molecule has 1 atom stereocenters. The van der Waals surface area contributed by atoms with E-state index in [0.29, 0.717) is 0 Å². The van der Waals surface area contributed by atoms with Crippen molar-refractivity contribution in [3.63, 3.8) is 0 Å². The zero-order valence-electron chi connectivity index (χ0n) is 10.5. The Morgan fingerprint density at radius 3 is 2.88 bits per heavy atom. The van der Waals surface area contributed by atoms with Crippen molar-refractivity contribution in [2.75, 3.05) is 26.2 Å². The summed E-state index contributed by atoms with van der Waals surface area (Å²) >= 11 is 0. The lowest BCUT2D eigenvalue weighted by molar-refractivity contribution is 0.331. The quantitative estimate of drug-likeness (QED) is 0.857. The predicted octanol–water partition coefficient (Wildman–Crippen LogP) is 2.36. The van der Waals surface area contributed by atoms with Crippen molar-refractivity contribution in [3.8, 4) is 0 Å². The summed E-state index contributed by atoms with van der Waals surface area (Å²) in [7, 11) is 0. The molecule has 0 bridgehead atoms. The molecule has 0 spiro atoms. The Bertz CT molecular complexity index is 363. The first kappa shape index (κ1) is 11.2. The molecule has 2 heterocycles. The van der Waals surface area contributed by atoms with Crippen molar-refractivity contribution < 1.29 is 0 Å². The average Bonchev–Trinajstić information content (AvgIpc) is 3.01. The minimum atomic E-state index is 0.744. The van der Waals surface area contributed by atoms with E-state index >= 15 is 0 Å². The summed E-state index contributed by atoms with van der Waals surface area (Å²) in [6.07, 6.45) is 4.06. The van der Waals surface area contributed by atoms with Crippen LogP contribution in [0.25, 0.3) is 0 Å². The van der Waals surface area contributed by atoms with E-state index in [-0.39, 0.29) is 0 Å². The van der Waals surface area contributed by atoms with Gasteiger partial charge in [0.2, 0.25) is 0 Å². The molecule has 2 aliphatic heterocycles. The topological polar surface area (TPSA) is 15.3 Å². The molecule has 0 radical (unpaired) electrons. The third-order valence-corrected chi connectivity index (χ3v) is 4.09. The molecule has 0 aliphatic carbocycles. The summed E-state index contributed by atoms with van der Waals surface area (Å²) in [5.74, 6) is 0.744. The number of hydrogen-bond donors (Lipinski definition) is 1. The smallest absolute Gasteiger partial charge is 0.0233 e. The van der Waals surface area contributed by atoms with E-state index in [1.807, 2.05) is 0 Å². The van der Waals surface area contributed by atoms with Gasteiger partial charge in [-0.2, -0.15) is 0 Å². The van der Waals surface area contributed by atoms with Gasteiger partial charge in [0, 0.05) is 13.1 Å². The lowest BCUT2D eigenvalue weighted by atomic mass is 9.96. The Balaban J connectivity index is 1.69. The number of benzene rings is 1. The van der Waals surface area contributed by atoms with E-state index in [4.69, 9.17) is 0 Å². The fourth-order valence-corrected chi connectivity index (χ4v) is 3.08. The molecule has 1 aromatic rings. The van der Waals surface area contributed by atoms with Crippen molar-refractivity contribution in [1.29, 1.82) is 0 Å². The molecule has 17 heavy (non-hydrogen) atoms. The number of rotatable bonds is 3. The molecule has 2 saturated heterocycles. The van der Waals surface area contributed by atoms with Crippen molar-refractivity contribution >= 4 is 0 Å². The van der Waals surface area contributed by atoms with E-state index < -0.39 is 0 Å². The monoisotopic (exact) mass is 230 g/mol. The van der Waals surface area contributed by atoms with Crippen LogP contribution in [0, 0.1) is 0 Å². The molecule has 0 aromatic heterocycles. The van der Waals surface area contributed by atoms with Gasteiger partial charge in [0.1, 0.15) is 0 Å². The normalized spacial score (nSPS) is 25.5. The summed E-state index contributed by atoms with van der Waals surface area (Å²) < 4.78 is 0. The Hall–Kier alpha value is -0.860. The predicted molar refractivity (Wildman–Crippen MR) is 71.2 cm³/mol. The minimum absolute atomic E-state index is 0.744. The molecular formula is C15H22N2. The van der Waals surface area contributed by atoms with E-state index in [1.165, 1.54) is 50.0 Å². The van der Waals surface area contributed by atoms with E-state index in [1.54, 1.807) is 0 Å². The van der Waals surface area contributed by atoms with Crippen LogP contribution in [-0.4, -0.2) is 31.1 Å². The Morgan fingerprint density at radius 2 is 2.12 bits per heavy atom. The van der Waals surface area contributed by atoms with Gasteiger partial charge in [-0.3, -0.25) is 4.90 Å². The summed E-state index contributed by atoms with van der Waals surface area (Å²) in [5.41, 5.74) is 3.03. The highest BCUT2D eigenvalue weighted by atomic mass is 15.1. The molecule has 3 rings (SSSR count). The van der Waals surface area contributed by atoms with Gasteiger partial charge in [0.15, 0.2) is 0 Å². The van der Waals surface area contributed by atoms with Gasteiger partial charge >= 0.3 is 0 Å². The SMILES string of the molecule is c1cc(CN2CCCC2)cc(C2CCNC2)c1. The van der Waals surface area contributed by atoms with Gasteiger partial charge in [-0.15, -0.1) is 0 Å². The first-order valence-corrected chi connectivity index (χ1v) is 6.94. The standard InChI is InChI=1S/C15H22N2/c1-2-9-17(8-1)12-13-4-3-5-14(10-13)15-6-7-16-11-15/h3-5,10,15-16H,1-2,6-9,11-12H2. The van der Waals surface area contributed by atoms with Crippen LogP contribution in [0.5, 0.6) is 0 Å². The van der Waals surface area contributed by atoms with Crippen molar-refractivity contribution in [2.24, 2.45) is 0 Å². The van der Waals surface area contributed by atoms with Crippen LogP contribution in [-0.2, 0) is 6.54 Å². The summed E-state index contributed by atoms with van der Waals surface area (Å²) in [5, 5.41) is 3.45. The molecule has 2 nitrogen and oxygen atoms in total. The molecular weight excluding hydrogens is 208 g/mol. The van der Waals surface area contributed by atoms with Crippen LogP contribution < -0.4 is 5.32 Å². The van der Waals surface area contributed by atoms with Crippen molar-refractivity contribution in [2.45, 2.75) is 31.7 Å². The lowest BCUT2D eigenvalue weighted by Gasteiger charge is -2.16. The second-order valence-electron chi connectivity index (χ2n) is 5.42. The highest BCUT2D eigenvalue weighted by Gasteiger charge is 2.17. The molecule has 0 amide bonds. The summed E-state index contributed by atoms with van der Waals surface area (Å²) in [4.78, 5) is 2.58. The zero-order chi connectivity index (χ0) is 11.5. The van der Waals surface area contributed by atoms with Gasteiger partial charge in [0.25, 0.3) is 0 Å². The maximum Gasteiger partial charge on any atom is 0.0233 e. The third kappa shape index (κ3) is 2.70. The molecule has 92 valence electrons. The zero-order valence-corrected chi connectivity index (χ0v) is 10.5. The molecule has 1 unspecified atom stereocenters. The number of nitrogens with zero attached hydrogens (tertiary/aromatic N) is 1. The highest BCUT2D eigenvalue weighted by Crippen LogP contribution is 2.23.